The van der Waals surface area contributed by atoms with Crippen molar-refractivity contribution in [2.75, 3.05) is 0 Å². The summed E-state index contributed by atoms with van der Waals surface area (Å²) in [7, 11) is 0. The molecule has 6 rings (SSSR count). The SMILES string of the molecule is C[C@H]1[C@@H](OC(=O)c2cccs2)O[C@@H]2O[C@@]3(C)CC[C@@H]4[C@H](C)CC[C@H]1[C@@]24OO3. The molecule has 1 aromatic rings. The van der Waals surface area contributed by atoms with Gasteiger partial charge in [0.25, 0.3) is 0 Å². The molecule has 0 unspecified atom stereocenters. The largest absolute Gasteiger partial charge is 0.431 e. The predicted molar refractivity (Wildman–Crippen MR) is 96.6 cm³/mol. The average molecular weight is 394 g/mol. The molecular weight excluding hydrogens is 368 g/mol. The van der Waals surface area contributed by atoms with Gasteiger partial charge in [0.15, 0.2) is 11.9 Å². The van der Waals surface area contributed by atoms with Crippen molar-refractivity contribution in [1.82, 2.24) is 0 Å². The first-order valence-electron chi connectivity index (χ1n) is 9.87. The first-order chi connectivity index (χ1) is 12.9. The van der Waals surface area contributed by atoms with Crippen LogP contribution in [0.4, 0.5) is 0 Å². The fraction of sp³-hybridized carbons (Fsp3) is 0.750. The molecule has 5 fully saturated rings. The molecule has 1 spiro atoms. The van der Waals surface area contributed by atoms with Gasteiger partial charge >= 0.3 is 5.97 Å². The maximum Gasteiger partial charge on any atom is 0.350 e. The highest BCUT2D eigenvalue weighted by Crippen LogP contribution is 2.60. The summed E-state index contributed by atoms with van der Waals surface area (Å²) in [6, 6.07) is 3.61. The molecule has 4 aliphatic heterocycles. The van der Waals surface area contributed by atoms with E-state index in [4.69, 9.17) is 24.0 Å². The van der Waals surface area contributed by atoms with Crippen LogP contribution in [-0.2, 0) is 24.0 Å². The number of thiophene rings is 1. The molecule has 5 aliphatic rings. The molecule has 2 bridgehead atoms. The lowest BCUT2D eigenvalue weighted by molar-refractivity contribution is -0.576. The van der Waals surface area contributed by atoms with Crippen LogP contribution in [-0.4, -0.2) is 29.9 Å². The van der Waals surface area contributed by atoms with Gasteiger partial charge in [0, 0.05) is 18.3 Å². The minimum Gasteiger partial charge on any atom is -0.431 e. The molecule has 1 aliphatic carbocycles. The van der Waals surface area contributed by atoms with Crippen LogP contribution in [0.15, 0.2) is 17.5 Å². The van der Waals surface area contributed by atoms with Crippen LogP contribution in [0.25, 0.3) is 0 Å². The minimum absolute atomic E-state index is 0.00480. The van der Waals surface area contributed by atoms with Gasteiger partial charge in [-0.15, -0.1) is 11.3 Å². The molecule has 5 heterocycles. The van der Waals surface area contributed by atoms with E-state index in [2.05, 4.69) is 13.8 Å². The fourth-order valence-electron chi connectivity index (χ4n) is 5.56. The van der Waals surface area contributed by atoms with Crippen LogP contribution in [0, 0.1) is 23.7 Å². The number of carbonyl (C=O) groups excluding carboxylic acids is 1. The average Bonchev–Trinajstić information content (AvgIpc) is 3.09. The zero-order valence-corrected chi connectivity index (χ0v) is 16.7. The van der Waals surface area contributed by atoms with E-state index >= 15 is 0 Å². The van der Waals surface area contributed by atoms with E-state index in [-0.39, 0.29) is 17.8 Å². The first-order valence-corrected chi connectivity index (χ1v) is 10.8. The third-order valence-corrected chi connectivity index (χ3v) is 7.89. The normalized spacial score (nSPS) is 48.6. The zero-order chi connectivity index (χ0) is 18.8. The summed E-state index contributed by atoms with van der Waals surface area (Å²) < 4.78 is 18.3. The van der Waals surface area contributed by atoms with Gasteiger partial charge in [-0.2, -0.15) is 0 Å². The molecule has 0 amide bonds. The molecule has 7 heteroatoms. The lowest BCUT2D eigenvalue weighted by atomic mass is 9.58. The Kier molecular flexibility index (Phi) is 4.19. The van der Waals surface area contributed by atoms with Crippen LogP contribution in [0.1, 0.15) is 56.1 Å². The summed E-state index contributed by atoms with van der Waals surface area (Å²) in [5, 5.41) is 1.86. The standard InChI is InChI=1S/C20H26O6S/c1-11-6-7-14-12(2)17(22-16(21)15-5-4-10-27-15)23-18-20(14)13(11)8-9-19(3,24-18)25-26-20/h4-5,10-14,17-18H,6-9H2,1-3H3/t11-,12-,13-,14-,17+,18-,19-,20-/m1/s1. The van der Waals surface area contributed by atoms with Crippen molar-refractivity contribution in [1.29, 1.82) is 0 Å². The van der Waals surface area contributed by atoms with Crippen LogP contribution in [0.5, 0.6) is 0 Å². The first kappa shape index (κ1) is 18.1. The van der Waals surface area contributed by atoms with E-state index in [9.17, 15) is 4.79 Å². The van der Waals surface area contributed by atoms with Gasteiger partial charge in [-0.3, -0.25) is 0 Å². The number of carbonyl (C=O) groups is 1. The van der Waals surface area contributed by atoms with Gasteiger partial charge in [-0.05, 0) is 49.5 Å². The molecule has 4 saturated heterocycles. The monoisotopic (exact) mass is 394 g/mol. The van der Waals surface area contributed by atoms with Crippen LogP contribution in [0.3, 0.4) is 0 Å². The number of ether oxygens (including phenoxy) is 3. The van der Waals surface area contributed by atoms with E-state index in [0.29, 0.717) is 16.7 Å². The Hall–Kier alpha value is -0.990. The number of esters is 1. The van der Waals surface area contributed by atoms with Gasteiger partial charge in [-0.25, -0.2) is 14.6 Å². The summed E-state index contributed by atoms with van der Waals surface area (Å²) in [6.07, 6.45) is 2.62. The van der Waals surface area contributed by atoms with Crippen molar-refractivity contribution in [3.63, 3.8) is 0 Å². The summed E-state index contributed by atoms with van der Waals surface area (Å²) in [5.74, 6) is -0.198. The number of rotatable bonds is 2. The van der Waals surface area contributed by atoms with Gasteiger partial charge < -0.3 is 14.2 Å². The maximum absolute atomic E-state index is 12.5. The second-order valence-electron chi connectivity index (χ2n) is 8.66. The maximum atomic E-state index is 12.5. The van der Waals surface area contributed by atoms with Gasteiger partial charge in [0.05, 0.1) is 0 Å². The third kappa shape index (κ3) is 2.63. The van der Waals surface area contributed by atoms with Gasteiger partial charge in [0.1, 0.15) is 4.88 Å². The molecule has 0 N–H and O–H groups in total. The highest BCUT2D eigenvalue weighted by Gasteiger charge is 2.69. The summed E-state index contributed by atoms with van der Waals surface area (Å²) >= 11 is 1.37. The Morgan fingerprint density at radius 2 is 2.07 bits per heavy atom. The fourth-order valence-corrected chi connectivity index (χ4v) is 6.17. The topological polar surface area (TPSA) is 63.2 Å². The quantitative estimate of drug-likeness (QED) is 0.556. The molecule has 8 atom stereocenters. The number of hydrogen-bond acceptors (Lipinski definition) is 7. The second-order valence-corrected chi connectivity index (χ2v) is 9.60. The van der Waals surface area contributed by atoms with Crippen molar-refractivity contribution >= 4 is 17.3 Å². The molecule has 27 heavy (non-hydrogen) atoms. The number of hydrogen-bond donors (Lipinski definition) is 0. The molecule has 1 aromatic heterocycles. The lowest BCUT2D eigenvalue weighted by Gasteiger charge is -2.59. The Morgan fingerprint density at radius 1 is 1.22 bits per heavy atom. The Labute approximate surface area is 163 Å². The highest BCUT2D eigenvalue weighted by atomic mass is 32.1. The van der Waals surface area contributed by atoms with E-state index in [1.165, 1.54) is 11.3 Å². The summed E-state index contributed by atoms with van der Waals surface area (Å²) in [4.78, 5) is 25.0. The van der Waals surface area contributed by atoms with Crippen molar-refractivity contribution < 1.29 is 28.8 Å². The zero-order valence-electron chi connectivity index (χ0n) is 15.9. The molecule has 0 aromatic carbocycles. The van der Waals surface area contributed by atoms with Crippen LogP contribution in [0.2, 0.25) is 0 Å². The van der Waals surface area contributed by atoms with Crippen molar-refractivity contribution in [2.45, 2.75) is 70.4 Å². The molecule has 148 valence electrons. The van der Waals surface area contributed by atoms with Crippen molar-refractivity contribution in [2.24, 2.45) is 23.7 Å². The second kappa shape index (κ2) is 6.26. The smallest absolute Gasteiger partial charge is 0.350 e. The van der Waals surface area contributed by atoms with Crippen molar-refractivity contribution in [3.8, 4) is 0 Å². The van der Waals surface area contributed by atoms with Gasteiger partial charge in [0.2, 0.25) is 12.1 Å². The lowest BCUT2D eigenvalue weighted by Crippen LogP contribution is -2.70. The van der Waals surface area contributed by atoms with E-state index < -0.39 is 24.0 Å². The summed E-state index contributed by atoms with van der Waals surface area (Å²) in [5.41, 5.74) is -0.626. The third-order valence-electron chi connectivity index (χ3n) is 7.04. The van der Waals surface area contributed by atoms with E-state index in [1.807, 2.05) is 18.4 Å². The molecule has 0 radical (unpaired) electrons. The molecule has 1 saturated carbocycles. The summed E-state index contributed by atoms with van der Waals surface area (Å²) in [6.45, 7) is 6.26. The molecule has 6 nitrogen and oxygen atoms in total. The van der Waals surface area contributed by atoms with Gasteiger partial charge in [-0.1, -0.05) is 19.9 Å². The predicted octanol–water partition coefficient (Wildman–Crippen LogP) is 4.11. The highest BCUT2D eigenvalue weighted by molar-refractivity contribution is 7.11. The van der Waals surface area contributed by atoms with Crippen LogP contribution < -0.4 is 0 Å². The Balaban J connectivity index is 1.47. The van der Waals surface area contributed by atoms with Crippen LogP contribution >= 0.6 is 11.3 Å². The minimum atomic E-state index is -0.819. The Morgan fingerprint density at radius 3 is 2.85 bits per heavy atom. The number of fused-ring (bicyclic) bond motifs is 2. The van der Waals surface area contributed by atoms with Crippen molar-refractivity contribution in [3.05, 3.63) is 22.4 Å². The van der Waals surface area contributed by atoms with E-state index in [1.54, 1.807) is 6.07 Å². The Bertz CT molecular complexity index is 722. The van der Waals surface area contributed by atoms with E-state index in [0.717, 1.165) is 25.7 Å². The molecular formula is C20H26O6S.